The summed E-state index contributed by atoms with van der Waals surface area (Å²) in [5.41, 5.74) is 0.681. The van der Waals surface area contributed by atoms with E-state index >= 15 is 0 Å². The number of hydrogen-bond acceptors (Lipinski definition) is 8. The summed E-state index contributed by atoms with van der Waals surface area (Å²) in [5.74, 6) is -4.06. The molecule has 1 atom stereocenters. The minimum absolute atomic E-state index is 0.0364. The summed E-state index contributed by atoms with van der Waals surface area (Å²) >= 11 is 1.36. The molecular formula is C17H20F2N4O4S. The lowest BCUT2D eigenvalue weighted by molar-refractivity contribution is -0.137. The summed E-state index contributed by atoms with van der Waals surface area (Å²) < 4.78 is 32.8. The number of hydrogen-bond donors (Lipinski definition) is 2. The first-order chi connectivity index (χ1) is 13.3. The second kappa shape index (κ2) is 8.31. The van der Waals surface area contributed by atoms with Crippen molar-refractivity contribution in [2.75, 3.05) is 26.7 Å². The van der Waals surface area contributed by atoms with Crippen LogP contribution in [0.2, 0.25) is 0 Å². The lowest BCUT2D eigenvalue weighted by Gasteiger charge is -2.28. The van der Waals surface area contributed by atoms with Crippen molar-refractivity contribution in [1.82, 2.24) is 15.2 Å². The number of methoxy groups -OCH3 is 1. The van der Waals surface area contributed by atoms with Gasteiger partial charge >= 0.3 is 11.9 Å². The quantitative estimate of drug-likeness (QED) is 0.652. The smallest absolute Gasteiger partial charge is 0.337 e. The first-order valence-electron chi connectivity index (χ1n) is 8.64. The van der Waals surface area contributed by atoms with Crippen molar-refractivity contribution in [2.24, 2.45) is 4.99 Å². The second-order valence-electron chi connectivity index (χ2n) is 6.63. The highest BCUT2D eigenvalue weighted by atomic mass is 32.1. The fourth-order valence-electron chi connectivity index (χ4n) is 3.35. The number of carbonyl (C=O) groups is 2. The molecule has 1 aromatic heterocycles. The van der Waals surface area contributed by atoms with Gasteiger partial charge in [-0.1, -0.05) is 0 Å². The van der Waals surface area contributed by atoms with E-state index in [1.807, 2.05) is 0 Å². The Kier molecular flexibility index (Phi) is 6.04. The van der Waals surface area contributed by atoms with Crippen molar-refractivity contribution in [3.63, 3.8) is 0 Å². The number of alkyl halides is 2. The molecule has 1 saturated heterocycles. The second-order valence-corrected chi connectivity index (χ2v) is 7.52. The van der Waals surface area contributed by atoms with Crippen molar-refractivity contribution >= 4 is 29.1 Å². The van der Waals surface area contributed by atoms with Crippen molar-refractivity contribution in [2.45, 2.75) is 31.2 Å². The van der Waals surface area contributed by atoms with E-state index in [4.69, 9.17) is 9.84 Å². The molecule has 3 rings (SSSR count). The maximum atomic E-state index is 14.0. The minimum atomic E-state index is -2.91. The van der Waals surface area contributed by atoms with Gasteiger partial charge in [0.2, 0.25) is 0 Å². The number of aromatic nitrogens is 1. The number of ether oxygens (including phenoxy) is 1. The summed E-state index contributed by atoms with van der Waals surface area (Å²) in [5, 5.41) is 14.3. The number of carboxylic acids is 1. The van der Waals surface area contributed by atoms with Gasteiger partial charge in [0.05, 0.1) is 25.8 Å². The molecule has 2 aliphatic rings. The van der Waals surface area contributed by atoms with Crippen LogP contribution in [-0.4, -0.2) is 71.5 Å². The Hall–Kier alpha value is -2.40. The molecule has 3 heterocycles. The molecule has 0 radical (unpaired) electrons. The van der Waals surface area contributed by atoms with Crippen LogP contribution in [0.25, 0.3) is 0 Å². The molecule has 2 N–H and O–H groups in total. The standard InChI is InChI=1S/C17H20F2N4O4S/c1-27-16(26)11-7-21-14(15-20-4-5-28-15)22-12(11)8-23-9-17(18,19)6-10(23)2-3-13(24)25/h4-5,10H,2-3,6-9H2,1H3,(H,21,22)(H,24,25). The van der Waals surface area contributed by atoms with Gasteiger partial charge < -0.3 is 15.2 Å². The monoisotopic (exact) mass is 414 g/mol. The van der Waals surface area contributed by atoms with E-state index in [1.165, 1.54) is 23.3 Å². The van der Waals surface area contributed by atoms with Gasteiger partial charge in [-0.05, 0) is 6.42 Å². The van der Waals surface area contributed by atoms with E-state index in [1.54, 1.807) is 11.6 Å². The summed E-state index contributed by atoms with van der Waals surface area (Å²) in [7, 11) is 1.24. The van der Waals surface area contributed by atoms with Crippen LogP contribution in [-0.2, 0) is 14.3 Å². The Morgan fingerprint density at radius 2 is 2.29 bits per heavy atom. The van der Waals surface area contributed by atoms with Crippen LogP contribution in [0.1, 0.15) is 24.3 Å². The fourth-order valence-corrected chi connectivity index (χ4v) is 3.95. The number of aliphatic imine (C=N–C) groups is 1. The van der Waals surface area contributed by atoms with Gasteiger partial charge in [-0.3, -0.25) is 14.7 Å². The molecule has 1 fully saturated rings. The lowest BCUT2D eigenvalue weighted by Crippen LogP contribution is -2.41. The van der Waals surface area contributed by atoms with Gasteiger partial charge in [0, 0.05) is 42.7 Å². The van der Waals surface area contributed by atoms with Gasteiger partial charge in [-0.25, -0.2) is 18.6 Å². The average molecular weight is 414 g/mol. The SMILES string of the molecule is COC(=O)C1=C(CN2CC(F)(F)CC2CCC(=O)O)NC(c2nccs2)=NC1. The summed E-state index contributed by atoms with van der Waals surface area (Å²) in [6.45, 7) is -0.413. The maximum Gasteiger partial charge on any atom is 0.337 e. The third kappa shape index (κ3) is 4.71. The molecule has 8 nitrogen and oxygen atoms in total. The van der Waals surface area contributed by atoms with Gasteiger partial charge in [0.25, 0.3) is 5.92 Å². The van der Waals surface area contributed by atoms with Crippen LogP contribution < -0.4 is 5.32 Å². The third-order valence-corrected chi connectivity index (χ3v) is 5.41. The van der Waals surface area contributed by atoms with E-state index in [-0.39, 0.29) is 31.5 Å². The molecule has 0 aliphatic carbocycles. The van der Waals surface area contributed by atoms with E-state index in [9.17, 15) is 18.4 Å². The first-order valence-corrected chi connectivity index (χ1v) is 9.52. The fraction of sp³-hybridized carbons (Fsp3) is 0.529. The molecule has 1 unspecified atom stereocenters. The highest BCUT2D eigenvalue weighted by molar-refractivity contribution is 7.11. The van der Waals surface area contributed by atoms with E-state index in [0.717, 1.165) is 0 Å². The third-order valence-electron chi connectivity index (χ3n) is 4.63. The number of thiazole rings is 1. The molecular weight excluding hydrogens is 394 g/mol. The number of aliphatic carboxylic acids is 1. The maximum absolute atomic E-state index is 14.0. The van der Waals surface area contributed by atoms with Crippen molar-refractivity contribution < 1.29 is 28.2 Å². The van der Waals surface area contributed by atoms with Crippen LogP contribution in [0.4, 0.5) is 8.78 Å². The normalized spacial score (nSPS) is 22.0. The van der Waals surface area contributed by atoms with E-state index in [0.29, 0.717) is 16.5 Å². The molecule has 11 heteroatoms. The number of halogens is 2. The van der Waals surface area contributed by atoms with Gasteiger partial charge in [0.1, 0.15) is 0 Å². The van der Waals surface area contributed by atoms with Crippen molar-refractivity contribution in [1.29, 1.82) is 0 Å². The van der Waals surface area contributed by atoms with Crippen LogP contribution in [0.15, 0.2) is 27.8 Å². The molecule has 2 aliphatic heterocycles. The molecule has 28 heavy (non-hydrogen) atoms. The van der Waals surface area contributed by atoms with E-state index < -0.39 is 36.9 Å². The zero-order valence-electron chi connectivity index (χ0n) is 15.2. The Morgan fingerprint density at radius 1 is 1.50 bits per heavy atom. The molecule has 152 valence electrons. The number of likely N-dealkylation sites (tertiary alicyclic amines) is 1. The summed E-state index contributed by atoms with van der Waals surface area (Å²) in [6.07, 6.45) is 1.12. The number of nitrogens with zero attached hydrogens (tertiary/aromatic N) is 3. The van der Waals surface area contributed by atoms with Crippen molar-refractivity contribution in [3.8, 4) is 0 Å². The highest BCUT2D eigenvalue weighted by Crippen LogP contribution is 2.34. The number of rotatable bonds is 7. The Morgan fingerprint density at radius 3 is 2.93 bits per heavy atom. The molecule has 0 spiro atoms. The molecule has 0 saturated carbocycles. The van der Waals surface area contributed by atoms with Crippen LogP contribution >= 0.6 is 11.3 Å². The predicted octanol–water partition coefficient (Wildman–Crippen LogP) is 1.49. The molecule has 0 aromatic carbocycles. The van der Waals surface area contributed by atoms with Crippen LogP contribution in [0.5, 0.6) is 0 Å². The van der Waals surface area contributed by atoms with Gasteiger partial charge in [-0.15, -0.1) is 11.3 Å². The number of nitrogens with one attached hydrogen (secondary N) is 1. The lowest BCUT2D eigenvalue weighted by atomic mass is 10.1. The summed E-state index contributed by atoms with van der Waals surface area (Å²) in [6, 6.07) is -0.596. The summed E-state index contributed by atoms with van der Waals surface area (Å²) in [4.78, 5) is 33.0. The van der Waals surface area contributed by atoms with Crippen LogP contribution in [0.3, 0.4) is 0 Å². The zero-order chi connectivity index (χ0) is 20.3. The average Bonchev–Trinajstić information content (AvgIpc) is 3.27. The number of carboxylic acid groups (broad SMARTS) is 1. The zero-order valence-corrected chi connectivity index (χ0v) is 16.0. The molecule has 1 aromatic rings. The first kappa shape index (κ1) is 20.3. The molecule has 0 bridgehead atoms. The van der Waals surface area contributed by atoms with Crippen molar-refractivity contribution in [3.05, 3.63) is 27.9 Å². The molecule has 0 amide bonds. The number of esters is 1. The van der Waals surface area contributed by atoms with Gasteiger partial charge in [0.15, 0.2) is 10.8 Å². The number of amidine groups is 1. The van der Waals surface area contributed by atoms with Gasteiger partial charge in [-0.2, -0.15) is 0 Å². The Bertz CT molecular complexity index is 810. The topological polar surface area (TPSA) is 104 Å². The number of carbonyl (C=O) groups excluding carboxylic acids is 1. The Labute approximate surface area is 163 Å². The van der Waals surface area contributed by atoms with E-state index in [2.05, 4.69) is 15.3 Å². The van der Waals surface area contributed by atoms with Crippen LogP contribution in [0, 0.1) is 0 Å². The predicted molar refractivity (Wildman–Crippen MR) is 97.5 cm³/mol. The highest BCUT2D eigenvalue weighted by Gasteiger charge is 2.45. The largest absolute Gasteiger partial charge is 0.481 e. The minimum Gasteiger partial charge on any atom is -0.481 e. The Balaban J connectivity index is 1.81.